The Morgan fingerprint density at radius 2 is 1.69 bits per heavy atom. The fourth-order valence-electron chi connectivity index (χ4n) is 1.97. The predicted octanol–water partition coefficient (Wildman–Crippen LogP) is 4.19. The Bertz CT molecular complexity index is 363. The zero-order chi connectivity index (χ0) is 11.9. The lowest BCUT2D eigenvalue weighted by atomic mass is 10.1. The normalized spacial score (nSPS) is 29.2. The van der Waals surface area contributed by atoms with Gasteiger partial charge in [-0.1, -0.05) is 41.8 Å². The molecule has 1 aromatic rings. The van der Waals surface area contributed by atoms with Crippen LogP contribution in [0.25, 0.3) is 0 Å². The second-order valence-corrected chi connectivity index (χ2v) is 7.49. The molecule has 0 spiro atoms. The molecule has 0 aliphatic carbocycles. The van der Waals surface area contributed by atoms with Gasteiger partial charge in [0.1, 0.15) is 0 Å². The lowest BCUT2D eigenvalue weighted by molar-refractivity contribution is 0.733. The van der Waals surface area contributed by atoms with Crippen LogP contribution in [-0.2, 0) is 0 Å². The van der Waals surface area contributed by atoms with Crippen molar-refractivity contribution in [2.75, 3.05) is 0 Å². The van der Waals surface area contributed by atoms with E-state index in [9.17, 15) is 0 Å². The molecule has 1 aliphatic heterocycles. The predicted molar refractivity (Wildman–Crippen MR) is 72.6 cm³/mol. The lowest BCUT2D eigenvalue weighted by Gasteiger charge is -2.18. The highest BCUT2D eigenvalue weighted by Crippen LogP contribution is 2.51. The van der Waals surface area contributed by atoms with Crippen LogP contribution in [0, 0.1) is 6.92 Å². The average molecular weight is 235 g/mol. The maximum Gasteiger partial charge on any atom is 0.0618 e. The van der Waals surface area contributed by atoms with Crippen LogP contribution in [0.3, 0.4) is 0 Å². The zero-order valence-corrected chi connectivity index (χ0v) is 11.6. The van der Waals surface area contributed by atoms with E-state index >= 15 is 0 Å². The molecule has 1 aromatic carbocycles. The van der Waals surface area contributed by atoms with Gasteiger partial charge in [0.2, 0.25) is 0 Å². The molecule has 1 nitrogen and oxygen atoms in total. The SMILES string of the molecule is Cc1ccc(C2C(C)N2SC(C)(C)C)cc1. The van der Waals surface area contributed by atoms with Gasteiger partial charge in [-0.2, -0.15) is 0 Å². The summed E-state index contributed by atoms with van der Waals surface area (Å²) in [6.07, 6.45) is 0. The van der Waals surface area contributed by atoms with Gasteiger partial charge in [-0.05, 0) is 40.2 Å². The summed E-state index contributed by atoms with van der Waals surface area (Å²) in [5.74, 6) is 0. The van der Waals surface area contributed by atoms with Gasteiger partial charge in [0, 0.05) is 10.8 Å². The van der Waals surface area contributed by atoms with Crippen molar-refractivity contribution in [1.82, 2.24) is 4.31 Å². The van der Waals surface area contributed by atoms with Crippen LogP contribution >= 0.6 is 11.9 Å². The van der Waals surface area contributed by atoms with Crippen molar-refractivity contribution in [3.8, 4) is 0 Å². The first kappa shape index (κ1) is 12.0. The van der Waals surface area contributed by atoms with E-state index in [1.807, 2.05) is 11.9 Å². The van der Waals surface area contributed by atoms with E-state index in [0.29, 0.717) is 16.8 Å². The standard InChI is InChI=1S/C14H21NS/c1-10-6-8-12(9-7-10)13-11(2)15(13)16-14(3,4)5/h6-9,11,13H,1-5H3. The van der Waals surface area contributed by atoms with Crippen LogP contribution in [0.15, 0.2) is 24.3 Å². The minimum Gasteiger partial charge on any atom is -0.236 e. The van der Waals surface area contributed by atoms with Crippen LogP contribution in [0.2, 0.25) is 0 Å². The summed E-state index contributed by atoms with van der Waals surface area (Å²) < 4.78 is 2.82. The third-order valence-corrected chi connectivity index (χ3v) is 4.16. The van der Waals surface area contributed by atoms with E-state index in [1.54, 1.807) is 0 Å². The van der Waals surface area contributed by atoms with Crippen molar-refractivity contribution in [1.29, 1.82) is 0 Å². The molecule has 0 aromatic heterocycles. The van der Waals surface area contributed by atoms with Gasteiger partial charge < -0.3 is 0 Å². The molecule has 88 valence electrons. The molecule has 0 N–H and O–H groups in total. The molecule has 1 fully saturated rings. The van der Waals surface area contributed by atoms with Gasteiger partial charge in [-0.15, -0.1) is 0 Å². The minimum absolute atomic E-state index is 0.313. The van der Waals surface area contributed by atoms with Gasteiger partial charge in [-0.3, -0.25) is 0 Å². The number of rotatable bonds is 2. The molecule has 2 rings (SSSR count). The van der Waals surface area contributed by atoms with Crippen LogP contribution in [0.1, 0.15) is 44.9 Å². The Kier molecular flexibility index (Phi) is 3.06. The van der Waals surface area contributed by atoms with Crippen molar-refractivity contribution < 1.29 is 0 Å². The molecule has 0 amide bonds. The van der Waals surface area contributed by atoms with Crippen molar-refractivity contribution in [2.24, 2.45) is 0 Å². The van der Waals surface area contributed by atoms with Crippen molar-refractivity contribution in [3.63, 3.8) is 0 Å². The Labute approximate surface area is 103 Å². The quantitative estimate of drug-likeness (QED) is 0.558. The van der Waals surface area contributed by atoms with E-state index in [-0.39, 0.29) is 0 Å². The van der Waals surface area contributed by atoms with Gasteiger partial charge in [0.05, 0.1) is 6.04 Å². The average Bonchev–Trinajstić information content (AvgIpc) is 2.75. The summed E-state index contributed by atoms with van der Waals surface area (Å²) in [7, 11) is 0. The molecule has 0 saturated carbocycles. The van der Waals surface area contributed by atoms with Gasteiger partial charge >= 0.3 is 0 Å². The number of benzene rings is 1. The highest BCUT2D eigenvalue weighted by Gasteiger charge is 2.47. The van der Waals surface area contributed by atoms with Crippen LogP contribution < -0.4 is 0 Å². The first-order valence-electron chi connectivity index (χ1n) is 5.92. The molecule has 16 heavy (non-hydrogen) atoms. The number of hydrogen-bond acceptors (Lipinski definition) is 2. The summed E-state index contributed by atoms with van der Waals surface area (Å²) in [5, 5.41) is 0. The lowest BCUT2D eigenvalue weighted by Crippen LogP contribution is -2.11. The van der Waals surface area contributed by atoms with Crippen molar-refractivity contribution in [3.05, 3.63) is 35.4 Å². The summed E-state index contributed by atoms with van der Waals surface area (Å²) >= 11 is 1.97. The highest BCUT2D eigenvalue weighted by atomic mass is 32.2. The summed E-state index contributed by atoms with van der Waals surface area (Å²) in [6.45, 7) is 11.3. The molecule has 3 unspecified atom stereocenters. The molecule has 1 heterocycles. The van der Waals surface area contributed by atoms with Crippen LogP contribution in [-0.4, -0.2) is 15.1 Å². The molecule has 3 atom stereocenters. The largest absolute Gasteiger partial charge is 0.236 e. The Morgan fingerprint density at radius 3 is 2.19 bits per heavy atom. The third-order valence-electron chi connectivity index (χ3n) is 2.84. The second-order valence-electron chi connectivity index (χ2n) is 5.66. The molecule has 0 radical (unpaired) electrons. The minimum atomic E-state index is 0.313. The fourth-order valence-corrected chi connectivity index (χ4v) is 3.24. The van der Waals surface area contributed by atoms with Gasteiger partial charge in [-0.25, -0.2) is 4.31 Å². The first-order valence-corrected chi connectivity index (χ1v) is 6.70. The Hall–Kier alpha value is -0.470. The molecular weight excluding hydrogens is 214 g/mol. The first-order chi connectivity index (χ1) is 7.38. The van der Waals surface area contributed by atoms with Crippen LogP contribution in [0.5, 0.6) is 0 Å². The van der Waals surface area contributed by atoms with E-state index < -0.39 is 0 Å². The molecule has 1 saturated heterocycles. The van der Waals surface area contributed by atoms with E-state index in [1.165, 1.54) is 11.1 Å². The molecule has 2 heteroatoms. The molecule has 1 aliphatic rings. The smallest absolute Gasteiger partial charge is 0.0618 e. The van der Waals surface area contributed by atoms with Crippen molar-refractivity contribution >= 4 is 11.9 Å². The maximum atomic E-state index is 2.50. The fraction of sp³-hybridized carbons (Fsp3) is 0.571. The van der Waals surface area contributed by atoms with Gasteiger partial charge in [0.15, 0.2) is 0 Å². The van der Waals surface area contributed by atoms with E-state index in [0.717, 1.165) is 0 Å². The number of aryl methyl sites for hydroxylation is 1. The number of nitrogens with zero attached hydrogens (tertiary/aromatic N) is 1. The van der Waals surface area contributed by atoms with E-state index in [4.69, 9.17) is 0 Å². The van der Waals surface area contributed by atoms with E-state index in [2.05, 4.69) is 63.2 Å². The maximum absolute atomic E-state index is 2.50. The monoisotopic (exact) mass is 235 g/mol. The summed E-state index contributed by atoms with van der Waals surface area (Å²) in [4.78, 5) is 0. The molecular formula is C14H21NS. The molecule has 0 bridgehead atoms. The zero-order valence-electron chi connectivity index (χ0n) is 10.8. The van der Waals surface area contributed by atoms with Gasteiger partial charge in [0.25, 0.3) is 0 Å². The topological polar surface area (TPSA) is 3.01 Å². The van der Waals surface area contributed by atoms with Crippen molar-refractivity contribution in [2.45, 2.75) is 51.4 Å². The highest BCUT2D eigenvalue weighted by molar-refractivity contribution is 7.98. The Balaban J connectivity index is 2.05. The third kappa shape index (κ3) is 2.61. The number of hydrogen-bond donors (Lipinski definition) is 0. The second kappa shape index (κ2) is 4.08. The summed E-state index contributed by atoms with van der Waals surface area (Å²) in [6, 6.07) is 10.2. The van der Waals surface area contributed by atoms with Crippen LogP contribution in [0.4, 0.5) is 0 Å². The Morgan fingerprint density at radius 1 is 1.12 bits per heavy atom. The summed E-state index contributed by atoms with van der Waals surface area (Å²) in [5.41, 5.74) is 2.79.